The van der Waals surface area contributed by atoms with Crippen LogP contribution < -0.4 is 5.73 Å². The third-order valence-electron chi connectivity index (χ3n) is 2.16. The zero-order chi connectivity index (χ0) is 14.1. The molecule has 0 fully saturated rings. The van der Waals surface area contributed by atoms with Gasteiger partial charge in [0.25, 0.3) is 0 Å². The molecular weight excluding hydrogens is 258 g/mol. The number of nitrogens with one attached hydrogen (secondary N) is 1. The van der Waals surface area contributed by atoms with E-state index in [1.54, 1.807) is 0 Å². The van der Waals surface area contributed by atoms with Crippen LogP contribution in [0.5, 0.6) is 0 Å². The number of thiol groups is 1. The Bertz CT molecular complexity index is 311. The monoisotopic (exact) mass is 277 g/mol. The van der Waals surface area contributed by atoms with E-state index in [0.717, 1.165) is 5.06 Å². The Morgan fingerprint density at radius 3 is 2.56 bits per heavy atom. The summed E-state index contributed by atoms with van der Waals surface area (Å²) in [7, 11) is 0. The van der Waals surface area contributed by atoms with Crippen molar-refractivity contribution < 1.29 is 19.5 Å². The molecule has 0 spiro atoms. The van der Waals surface area contributed by atoms with E-state index in [4.69, 9.17) is 21.1 Å². The van der Waals surface area contributed by atoms with E-state index in [9.17, 15) is 9.59 Å². The summed E-state index contributed by atoms with van der Waals surface area (Å²) in [6.45, 7) is 1.83. The molecule has 18 heavy (non-hydrogen) atoms. The van der Waals surface area contributed by atoms with Crippen LogP contribution in [0.4, 0.5) is 0 Å². The zero-order valence-electron chi connectivity index (χ0n) is 10.3. The van der Waals surface area contributed by atoms with Crippen LogP contribution >= 0.6 is 12.6 Å². The Kier molecular flexibility index (Phi) is 8.14. The maximum atomic E-state index is 11.0. The Labute approximate surface area is 111 Å². The van der Waals surface area contributed by atoms with Crippen molar-refractivity contribution in [2.75, 3.05) is 12.3 Å². The quantitative estimate of drug-likeness (QED) is 0.174. The Morgan fingerprint density at radius 1 is 1.50 bits per heavy atom. The molecule has 0 aliphatic rings. The van der Waals surface area contributed by atoms with Crippen LogP contribution in [0, 0.1) is 5.41 Å². The number of carbonyl (C=O) groups is 2. The summed E-state index contributed by atoms with van der Waals surface area (Å²) in [6, 6.07) is -0.875. The van der Waals surface area contributed by atoms with Crippen LogP contribution in [0.3, 0.4) is 0 Å². The van der Waals surface area contributed by atoms with Gasteiger partial charge in [-0.1, -0.05) is 0 Å². The molecular formula is C10H19N3O4S. The Balaban J connectivity index is 3.95. The first kappa shape index (κ1) is 16.7. The molecule has 0 bridgehead atoms. The first-order valence-electron chi connectivity index (χ1n) is 5.51. The molecule has 0 aliphatic heterocycles. The van der Waals surface area contributed by atoms with Crippen molar-refractivity contribution in [1.82, 2.24) is 5.06 Å². The first-order valence-corrected chi connectivity index (χ1v) is 6.14. The van der Waals surface area contributed by atoms with Gasteiger partial charge in [0.1, 0.15) is 11.9 Å². The number of carbonyl (C=O) groups excluding carboxylic acids is 1. The van der Waals surface area contributed by atoms with Gasteiger partial charge in [0.15, 0.2) is 0 Å². The molecule has 8 heteroatoms. The van der Waals surface area contributed by atoms with E-state index in [0.29, 0.717) is 25.8 Å². The Hall–Kier alpha value is -1.28. The molecule has 0 radical (unpaired) electrons. The van der Waals surface area contributed by atoms with Gasteiger partial charge in [0.2, 0.25) is 0 Å². The fourth-order valence-corrected chi connectivity index (χ4v) is 1.23. The lowest BCUT2D eigenvalue weighted by Gasteiger charge is -2.21. The fourth-order valence-electron chi connectivity index (χ4n) is 1.18. The van der Waals surface area contributed by atoms with Crippen molar-refractivity contribution in [3.05, 3.63) is 0 Å². The number of aliphatic carboxylic acids is 1. The lowest BCUT2D eigenvalue weighted by molar-refractivity contribution is -0.169. The molecule has 1 atom stereocenters. The van der Waals surface area contributed by atoms with E-state index < -0.39 is 18.0 Å². The number of nitrogens with zero attached hydrogens (tertiary/aromatic N) is 1. The topological polar surface area (TPSA) is 117 Å². The molecule has 0 saturated heterocycles. The molecule has 0 saturated carbocycles. The predicted octanol–water partition coefficient (Wildman–Crippen LogP) is 0.256. The summed E-state index contributed by atoms with van der Waals surface area (Å²) in [5.74, 6) is -1.52. The highest BCUT2D eigenvalue weighted by molar-refractivity contribution is 7.81. The van der Waals surface area contributed by atoms with Crippen molar-refractivity contribution in [2.24, 2.45) is 5.73 Å². The number of hydrogen-bond donors (Lipinski definition) is 4. The summed E-state index contributed by atoms with van der Waals surface area (Å²) in [4.78, 5) is 26.4. The van der Waals surface area contributed by atoms with Crippen LogP contribution in [-0.2, 0) is 14.4 Å². The third-order valence-corrected chi connectivity index (χ3v) is 2.42. The highest BCUT2D eigenvalue weighted by Gasteiger charge is 2.13. The van der Waals surface area contributed by atoms with Gasteiger partial charge in [-0.2, -0.15) is 17.7 Å². The summed E-state index contributed by atoms with van der Waals surface area (Å²) in [5.41, 5.74) is 5.34. The molecule has 0 aliphatic carbocycles. The predicted molar refractivity (Wildman–Crippen MR) is 69.5 cm³/mol. The molecule has 0 amide bonds. The van der Waals surface area contributed by atoms with Gasteiger partial charge in [0.05, 0.1) is 12.3 Å². The van der Waals surface area contributed by atoms with Gasteiger partial charge >= 0.3 is 11.9 Å². The van der Waals surface area contributed by atoms with E-state index >= 15 is 0 Å². The molecule has 104 valence electrons. The molecule has 0 aromatic heterocycles. The summed E-state index contributed by atoms with van der Waals surface area (Å²) < 4.78 is 0. The van der Waals surface area contributed by atoms with Crippen molar-refractivity contribution in [1.29, 1.82) is 5.41 Å². The maximum absolute atomic E-state index is 11.0. The van der Waals surface area contributed by atoms with E-state index in [-0.39, 0.29) is 11.6 Å². The van der Waals surface area contributed by atoms with Gasteiger partial charge in [0, 0.05) is 0 Å². The van der Waals surface area contributed by atoms with Crippen LogP contribution in [0.15, 0.2) is 0 Å². The minimum atomic E-state index is -1.03. The lowest BCUT2D eigenvalue weighted by atomic mass is 10.1. The highest BCUT2D eigenvalue weighted by atomic mass is 32.1. The Morgan fingerprint density at radius 2 is 2.11 bits per heavy atom. The minimum absolute atomic E-state index is 0.0618. The smallest absolute Gasteiger partial charge is 0.341 e. The van der Waals surface area contributed by atoms with E-state index in [2.05, 4.69) is 12.6 Å². The van der Waals surface area contributed by atoms with Crippen LogP contribution in [-0.4, -0.2) is 46.3 Å². The number of carboxylic acid groups (broad SMARTS) is 1. The number of nitrogens with two attached hydrogens (primary N) is 1. The second-order valence-electron chi connectivity index (χ2n) is 3.75. The average molecular weight is 277 g/mol. The van der Waals surface area contributed by atoms with Gasteiger partial charge < -0.3 is 15.7 Å². The van der Waals surface area contributed by atoms with E-state index in [1.807, 2.05) is 0 Å². The number of carboxylic acids is 1. The average Bonchev–Trinajstić information content (AvgIpc) is 2.31. The minimum Gasteiger partial charge on any atom is -0.480 e. The highest BCUT2D eigenvalue weighted by Crippen LogP contribution is 2.03. The number of unbranched alkanes of at least 4 members (excludes halogenated alkanes) is 1. The molecule has 0 aromatic rings. The van der Waals surface area contributed by atoms with Crippen molar-refractivity contribution >= 4 is 30.4 Å². The molecule has 7 nitrogen and oxygen atoms in total. The number of rotatable bonds is 7. The largest absolute Gasteiger partial charge is 0.480 e. The number of hydrogen-bond acceptors (Lipinski definition) is 6. The van der Waals surface area contributed by atoms with Crippen LogP contribution in [0.25, 0.3) is 0 Å². The summed E-state index contributed by atoms with van der Waals surface area (Å²) >= 11 is 3.76. The molecule has 0 aromatic carbocycles. The molecule has 0 heterocycles. The number of amidine groups is 1. The lowest BCUT2D eigenvalue weighted by Crippen LogP contribution is -2.33. The SMILES string of the molecule is CC(=N)N(CCCC[C@H](N)C(=O)O)OC(=O)CS. The second-order valence-corrected chi connectivity index (χ2v) is 4.07. The summed E-state index contributed by atoms with van der Waals surface area (Å²) in [5, 5.41) is 17.2. The second kappa shape index (κ2) is 8.76. The fraction of sp³-hybridized carbons (Fsp3) is 0.700. The molecule has 0 rings (SSSR count). The molecule has 0 unspecified atom stereocenters. The standard InChI is InChI=1S/C10H19N3O4S/c1-7(11)13(17-9(14)6-18)5-3-2-4-8(12)10(15)16/h8,11,18H,2-6,12H2,1H3,(H,15,16)/t8-/m0/s1. The zero-order valence-corrected chi connectivity index (χ0v) is 11.2. The van der Waals surface area contributed by atoms with E-state index in [1.165, 1.54) is 6.92 Å². The van der Waals surface area contributed by atoms with Crippen molar-refractivity contribution in [2.45, 2.75) is 32.2 Å². The third kappa shape index (κ3) is 7.13. The van der Waals surface area contributed by atoms with Crippen molar-refractivity contribution in [3.63, 3.8) is 0 Å². The normalized spacial score (nSPS) is 11.7. The molecule has 4 N–H and O–H groups in total. The van der Waals surface area contributed by atoms with Crippen LogP contribution in [0.1, 0.15) is 26.2 Å². The van der Waals surface area contributed by atoms with Crippen molar-refractivity contribution in [3.8, 4) is 0 Å². The number of hydroxylamine groups is 2. The van der Waals surface area contributed by atoms with Crippen LogP contribution in [0.2, 0.25) is 0 Å². The van der Waals surface area contributed by atoms with Gasteiger partial charge in [-0.3, -0.25) is 10.2 Å². The van der Waals surface area contributed by atoms with Gasteiger partial charge in [-0.05, 0) is 26.2 Å². The first-order chi connectivity index (χ1) is 8.38. The van der Waals surface area contributed by atoms with Gasteiger partial charge in [-0.15, -0.1) is 0 Å². The maximum Gasteiger partial charge on any atom is 0.341 e. The summed E-state index contributed by atoms with van der Waals surface area (Å²) in [6.07, 6.45) is 1.51. The van der Waals surface area contributed by atoms with Gasteiger partial charge in [-0.25, -0.2) is 4.79 Å².